The molecule has 1 amide bonds. The van der Waals surface area contributed by atoms with Crippen LogP contribution in [0.4, 0.5) is 0 Å². The third-order valence-corrected chi connectivity index (χ3v) is 7.11. The van der Waals surface area contributed by atoms with Gasteiger partial charge in [-0.1, -0.05) is 51.1 Å². The van der Waals surface area contributed by atoms with Gasteiger partial charge in [0, 0.05) is 37.1 Å². The van der Waals surface area contributed by atoms with E-state index >= 15 is 0 Å². The second-order valence-corrected chi connectivity index (χ2v) is 10.3. The molecular weight excluding hydrogens is 438 g/mol. The number of rotatable bonds is 11. The molecule has 0 saturated carbocycles. The van der Waals surface area contributed by atoms with Gasteiger partial charge in [-0.15, -0.1) is 0 Å². The van der Waals surface area contributed by atoms with Crippen LogP contribution in [0.5, 0.6) is 11.5 Å². The second kappa shape index (κ2) is 12.4. The monoisotopic (exact) mass is 481 g/mol. The normalized spacial score (nSPS) is 20.2. The van der Waals surface area contributed by atoms with E-state index in [-0.39, 0.29) is 23.5 Å². The van der Waals surface area contributed by atoms with Crippen molar-refractivity contribution in [3.8, 4) is 11.5 Å². The van der Waals surface area contributed by atoms with E-state index in [9.17, 15) is 4.79 Å². The Bertz CT molecular complexity index is 940. The molecule has 2 aromatic carbocycles. The van der Waals surface area contributed by atoms with Crippen LogP contribution in [0.25, 0.3) is 0 Å². The standard InChI is InChI=1S/C30H43NO4/c1-7-29(32)31(21-24-12-14-25(15-13-24)35-23(4)5)18-16-30(17-19-34-28(20-30)22(2)3)26-10-8-9-11-27(26)33-6/h8-15,22-23,28H,7,16-21H2,1-6H3/t28-,30+/m1/s1. The smallest absolute Gasteiger partial charge is 0.222 e. The van der Waals surface area contributed by atoms with Crippen molar-refractivity contribution in [3.63, 3.8) is 0 Å². The van der Waals surface area contributed by atoms with Crippen molar-refractivity contribution < 1.29 is 19.0 Å². The van der Waals surface area contributed by atoms with Crippen LogP contribution in [0.2, 0.25) is 0 Å². The first-order valence-electron chi connectivity index (χ1n) is 13.1. The van der Waals surface area contributed by atoms with E-state index < -0.39 is 0 Å². The molecule has 0 radical (unpaired) electrons. The molecule has 1 fully saturated rings. The van der Waals surface area contributed by atoms with Gasteiger partial charge in [0.1, 0.15) is 11.5 Å². The predicted octanol–water partition coefficient (Wildman–Crippen LogP) is 6.38. The number of benzene rings is 2. The van der Waals surface area contributed by atoms with Gasteiger partial charge in [-0.2, -0.15) is 0 Å². The van der Waals surface area contributed by atoms with Gasteiger partial charge in [-0.05, 0) is 62.8 Å². The van der Waals surface area contributed by atoms with E-state index in [0.29, 0.717) is 25.4 Å². The number of hydrogen-bond donors (Lipinski definition) is 0. The van der Waals surface area contributed by atoms with Crippen LogP contribution in [0, 0.1) is 5.92 Å². The van der Waals surface area contributed by atoms with Crippen LogP contribution in [0.1, 0.15) is 71.4 Å². The summed E-state index contributed by atoms with van der Waals surface area (Å²) in [5.74, 6) is 2.39. The fraction of sp³-hybridized carbons (Fsp3) is 0.567. The van der Waals surface area contributed by atoms with E-state index in [4.69, 9.17) is 14.2 Å². The molecule has 0 aliphatic carbocycles. The quantitative estimate of drug-likeness (QED) is 0.373. The molecule has 0 N–H and O–H groups in total. The third kappa shape index (κ3) is 7.00. The maximum absolute atomic E-state index is 13.0. The maximum Gasteiger partial charge on any atom is 0.222 e. The Kier molecular flexibility index (Phi) is 9.62. The van der Waals surface area contributed by atoms with Crippen molar-refractivity contribution >= 4 is 5.91 Å². The number of methoxy groups -OCH3 is 1. The van der Waals surface area contributed by atoms with Gasteiger partial charge in [-0.25, -0.2) is 0 Å². The van der Waals surface area contributed by atoms with Crippen LogP contribution < -0.4 is 9.47 Å². The minimum Gasteiger partial charge on any atom is -0.496 e. The molecule has 2 aromatic rings. The van der Waals surface area contributed by atoms with Gasteiger partial charge >= 0.3 is 0 Å². The Labute approximate surface area is 211 Å². The molecule has 1 heterocycles. The molecule has 2 atom stereocenters. The number of para-hydroxylation sites is 1. The minimum absolute atomic E-state index is 0.0962. The Hall–Kier alpha value is -2.53. The molecule has 0 unspecified atom stereocenters. The molecule has 1 aliphatic heterocycles. The van der Waals surface area contributed by atoms with Gasteiger partial charge in [0.25, 0.3) is 0 Å². The highest BCUT2D eigenvalue weighted by Gasteiger charge is 2.41. The van der Waals surface area contributed by atoms with Crippen LogP contribution in [0.3, 0.4) is 0 Å². The highest BCUT2D eigenvalue weighted by atomic mass is 16.5. The first-order valence-corrected chi connectivity index (χ1v) is 13.1. The van der Waals surface area contributed by atoms with Crippen LogP contribution in [0.15, 0.2) is 48.5 Å². The lowest BCUT2D eigenvalue weighted by atomic mass is 9.68. The fourth-order valence-corrected chi connectivity index (χ4v) is 5.10. The van der Waals surface area contributed by atoms with Gasteiger partial charge in [0.2, 0.25) is 5.91 Å². The van der Waals surface area contributed by atoms with Gasteiger partial charge in [0.15, 0.2) is 0 Å². The Morgan fingerprint density at radius 2 is 1.83 bits per heavy atom. The molecular formula is C30H43NO4. The number of nitrogens with zero attached hydrogens (tertiary/aromatic N) is 1. The molecule has 0 spiro atoms. The Morgan fingerprint density at radius 3 is 2.46 bits per heavy atom. The lowest BCUT2D eigenvalue weighted by Gasteiger charge is -2.44. The Morgan fingerprint density at radius 1 is 1.11 bits per heavy atom. The van der Waals surface area contributed by atoms with Crippen LogP contribution in [-0.2, 0) is 21.5 Å². The number of hydrogen-bond acceptors (Lipinski definition) is 4. The van der Waals surface area contributed by atoms with E-state index in [1.54, 1.807) is 7.11 Å². The summed E-state index contributed by atoms with van der Waals surface area (Å²) in [5, 5.41) is 0. The molecule has 192 valence electrons. The Balaban J connectivity index is 1.84. The van der Waals surface area contributed by atoms with Crippen LogP contribution in [-0.4, -0.2) is 43.3 Å². The summed E-state index contributed by atoms with van der Waals surface area (Å²) < 4.78 is 17.7. The zero-order valence-electron chi connectivity index (χ0n) is 22.4. The second-order valence-electron chi connectivity index (χ2n) is 10.3. The average molecular weight is 482 g/mol. The van der Waals surface area contributed by atoms with E-state index in [1.165, 1.54) is 5.56 Å². The third-order valence-electron chi connectivity index (χ3n) is 7.11. The molecule has 0 aromatic heterocycles. The summed E-state index contributed by atoms with van der Waals surface area (Å²) in [4.78, 5) is 15.0. The lowest BCUT2D eigenvalue weighted by molar-refractivity contribution is -0.132. The fourth-order valence-electron chi connectivity index (χ4n) is 5.10. The molecule has 1 aliphatic rings. The van der Waals surface area contributed by atoms with Gasteiger partial charge in [-0.3, -0.25) is 4.79 Å². The zero-order chi connectivity index (χ0) is 25.4. The summed E-state index contributed by atoms with van der Waals surface area (Å²) in [6, 6.07) is 16.5. The van der Waals surface area contributed by atoms with Crippen molar-refractivity contribution in [1.29, 1.82) is 0 Å². The maximum atomic E-state index is 13.0. The van der Waals surface area contributed by atoms with Gasteiger partial charge in [0.05, 0.1) is 19.3 Å². The highest BCUT2D eigenvalue weighted by molar-refractivity contribution is 5.75. The van der Waals surface area contributed by atoms with Crippen molar-refractivity contribution in [2.75, 3.05) is 20.3 Å². The summed E-state index contributed by atoms with van der Waals surface area (Å²) >= 11 is 0. The largest absolute Gasteiger partial charge is 0.496 e. The highest BCUT2D eigenvalue weighted by Crippen LogP contribution is 2.45. The lowest BCUT2D eigenvalue weighted by Crippen LogP contribution is -2.44. The number of carbonyl (C=O) groups is 1. The number of ether oxygens (including phenoxy) is 3. The summed E-state index contributed by atoms with van der Waals surface area (Å²) in [6.45, 7) is 12.4. The number of carbonyl (C=O) groups excluding carboxylic acids is 1. The number of amides is 1. The molecule has 5 heteroatoms. The van der Waals surface area contributed by atoms with Crippen molar-refractivity contribution in [2.45, 2.75) is 84.5 Å². The SMILES string of the molecule is CCC(=O)N(CC[C@]1(c2ccccc2OC)CCO[C@@H](C(C)C)C1)Cc1ccc(OC(C)C)cc1. The van der Waals surface area contributed by atoms with Crippen LogP contribution >= 0.6 is 0 Å². The van der Waals surface area contributed by atoms with E-state index in [0.717, 1.165) is 42.9 Å². The predicted molar refractivity (Wildman–Crippen MR) is 141 cm³/mol. The first-order chi connectivity index (χ1) is 16.8. The van der Waals surface area contributed by atoms with Crippen molar-refractivity contribution in [3.05, 3.63) is 59.7 Å². The van der Waals surface area contributed by atoms with Crippen molar-refractivity contribution in [2.24, 2.45) is 5.92 Å². The minimum atomic E-state index is -0.0962. The first kappa shape index (κ1) is 27.1. The van der Waals surface area contributed by atoms with E-state index in [1.807, 2.05) is 49.9 Å². The molecule has 3 rings (SSSR count). The summed E-state index contributed by atoms with van der Waals surface area (Å²) in [7, 11) is 1.74. The zero-order valence-corrected chi connectivity index (χ0v) is 22.4. The average Bonchev–Trinajstić information content (AvgIpc) is 2.86. The van der Waals surface area contributed by atoms with Crippen molar-refractivity contribution in [1.82, 2.24) is 4.90 Å². The molecule has 35 heavy (non-hydrogen) atoms. The summed E-state index contributed by atoms with van der Waals surface area (Å²) in [6.07, 6.45) is 3.55. The molecule has 1 saturated heterocycles. The van der Waals surface area contributed by atoms with Gasteiger partial charge < -0.3 is 19.1 Å². The topological polar surface area (TPSA) is 48.0 Å². The molecule has 5 nitrogen and oxygen atoms in total. The summed E-state index contributed by atoms with van der Waals surface area (Å²) in [5.41, 5.74) is 2.25. The van der Waals surface area contributed by atoms with E-state index in [2.05, 4.69) is 38.1 Å². The molecule has 0 bridgehead atoms.